The summed E-state index contributed by atoms with van der Waals surface area (Å²) in [5.74, 6) is -1.11. The van der Waals surface area contributed by atoms with Crippen molar-refractivity contribution in [2.24, 2.45) is 0 Å². The predicted molar refractivity (Wildman–Crippen MR) is 67.1 cm³/mol. The fourth-order valence-corrected chi connectivity index (χ4v) is 2.02. The Bertz CT molecular complexity index is 431. The van der Waals surface area contributed by atoms with Gasteiger partial charge in [-0.2, -0.15) is 0 Å². The molecule has 8 nitrogen and oxygen atoms in total. The van der Waals surface area contributed by atoms with E-state index in [0.717, 1.165) is 11.3 Å². The summed E-state index contributed by atoms with van der Waals surface area (Å²) in [4.78, 5) is 27.4. The quantitative estimate of drug-likeness (QED) is 0.528. The van der Waals surface area contributed by atoms with E-state index in [-0.39, 0.29) is 38.5 Å². The first-order valence-corrected chi connectivity index (χ1v) is 6.38. The van der Waals surface area contributed by atoms with Crippen molar-refractivity contribution in [1.82, 2.24) is 15.2 Å². The molecule has 9 heteroatoms. The molecule has 0 bridgehead atoms. The summed E-state index contributed by atoms with van der Waals surface area (Å²) in [6.45, 7) is -0.0684. The van der Waals surface area contributed by atoms with Crippen molar-refractivity contribution in [3.63, 3.8) is 0 Å². The number of nitrogens with one attached hydrogen (secondary N) is 1. The van der Waals surface area contributed by atoms with Crippen molar-refractivity contribution < 1.29 is 24.9 Å². The molecule has 4 N–H and O–H groups in total. The number of aromatic carboxylic acids is 1. The molecule has 0 aliphatic heterocycles. The zero-order valence-electron chi connectivity index (χ0n) is 10.1. The third-order valence-corrected chi connectivity index (χ3v) is 3.04. The van der Waals surface area contributed by atoms with Gasteiger partial charge < -0.3 is 25.5 Å². The summed E-state index contributed by atoms with van der Waals surface area (Å²) >= 11 is 1.13. The van der Waals surface area contributed by atoms with E-state index in [1.807, 2.05) is 0 Å². The number of thiazole rings is 1. The molecule has 1 aromatic heterocycles. The Balaban J connectivity index is 2.49. The molecule has 1 aromatic rings. The monoisotopic (exact) mass is 289 g/mol. The molecule has 19 heavy (non-hydrogen) atoms. The number of urea groups is 1. The van der Waals surface area contributed by atoms with Crippen LogP contribution in [0.25, 0.3) is 0 Å². The van der Waals surface area contributed by atoms with E-state index in [9.17, 15) is 9.59 Å². The highest BCUT2D eigenvalue weighted by atomic mass is 32.1. The van der Waals surface area contributed by atoms with E-state index in [1.54, 1.807) is 0 Å². The molecule has 0 saturated carbocycles. The molecule has 0 aromatic carbocycles. The van der Waals surface area contributed by atoms with Gasteiger partial charge in [0.15, 0.2) is 5.69 Å². The second-order valence-corrected chi connectivity index (χ2v) is 4.47. The molecule has 0 spiro atoms. The lowest BCUT2D eigenvalue weighted by molar-refractivity contribution is 0.0691. The van der Waals surface area contributed by atoms with E-state index >= 15 is 0 Å². The summed E-state index contributed by atoms with van der Waals surface area (Å²) in [5, 5.41) is 30.7. The van der Waals surface area contributed by atoms with Gasteiger partial charge in [-0.05, 0) is 0 Å². The van der Waals surface area contributed by atoms with Crippen LogP contribution >= 0.6 is 11.3 Å². The molecule has 0 aliphatic carbocycles. The minimum absolute atomic E-state index is 0.0585. The van der Waals surface area contributed by atoms with E-state index in [4.69, 9.17) is 15.3 Å². The number of nitrogens with zero attached hydrogens (tertiary/aromatic N) is 2. The number of aliphatic hydroxyl groups excluding tert-OH is 2. The first kappa shape index (κ1) is 15.3. The van der Waals surface area contributed by atoms with Crippen LogP contribution in [0.15, 0.2) is 5.38 Å². The number of carboxylic acid groups (broad SMARTS) is 1. The van der Waals surface area contributed by atoms with Crippen LogP contribution in [0.3, 0.4) is 0 Å². The number of hydrogen-bond acceptors (Lipinski definition) is 6. The van der Waals surface area contributed by atoms with Crippen LogP contribution in [0.1, 0.15) is 15.5 Å². The number of hydrogen-bond donors (Lipinski definition) is 4. The van der Waals surface area contributed by atoms with Crippen molar-refractivity contribution >= 4 is 23.3 Å². The van der Waals surface area contributed by atoms with Crippen LogP contribution in [-0.2, 0) is 6.54 Å². The summed E-state index contributed by atoms with van der Waals surface area (Å²) in [6.07, 6.45) is 0. The standard InChI is InChI=1S/C10H15N3O5S/c14-3-1-13(2-4-15)10(18)11-5-8-12-7(6-19-8)9(16)17/h6,14-15H,1-5H2,(H,11,18)(H,16,17). The molecular weight excluding hydrogens is 274 g/mol. The van der Waals surface area contributed by atoms with Gasteiger partial charge in [0, 0.05) is 18.5 Å². The Kier molecular flexibility index (Phi) is 6.19. The Morgan fingerprint density at radius 1 is 1.32 bits per heavy atom. The SMILES string of the molecule is O=C(O)c1csc(CNC(=O)N(CCO)CCO)n1. The van der Waals surface area contributed by atoms with Crippen molar-refractivity contribution in [3.05, 3.63) is 16.1 Å². The lowest BCUT2D eigenvalue weighted by Gasteiger charge is -2.20. The van der Waals surface area contributed by atoms with E-state index in [2.05, 4.69) is 10.3 Å². The average Bonchev–Trinajstić information content (AvgIpc) is 2.84. The van der Waals surface area contributed by atoms with E-state index in [1.165, 1.54) is 10.3 Å². The molecule has 0 aliphatic rings. The van der Waals surface area contributed by atoms with Gasteiger partial charge in [0.25, 0.3) is 0 Å². The summed E-state index contributed by atoms with van der Waals surface area (Å²) in [7, 11) is 0. The molecule has 0 unspecified atom stereocenters. The molecule has 0 atom stereocenters. The minimum atomic E-state index is -1.11. The molecule has 1 heterocycles. The molecule has 0 fully saturated rings. The van der Waals surface area contributed by atoms with Crippen LogP contribution < -0.4 is 5.32 Å². The van der Waals surface area contributed by atoms with Crippen molar-refractivity contribution in [2.75, 3.05) is 26.3 Å². The number of amides is 2. The Morgan fingerprint density at radius 2 is 1.95 bits per heavy atom. The Morgan fingerprint density at radius 3 is 2.42 bits per heavy atom. The second-order valence-electron chi connectivity index (χ2n) is 3.52. The van der Waals surface area contributed by atoms with Crippen molar-refractivity contribution in [1.29, 1.82) is 0 Å². The Hall–Kier alpha value is -1.71. The highest BCUT2D eigenvalue weighted by Gasteiger charge is 2.13. The third kappa shape index (κ3) is 4.81. The van der Waals surface area contributed by atoms with Crippen LogP contribution in [-0.4, -0.2) is 63.5 Å². The molecular formula is C10H15N3O5S. The minimum Gasteiger partial charge on any atom is -0.476 e. The highest BCUT2D eigenvalue weighted by molar-refractivity contribution is 7.09. The highest BCUT2D eigenvalue weighted by Crippen LogP contribution is 2.09. The Labute approximate surface area is 113 Å². The number of rotatable bonds is 7. The maximum absolute atomic E-state index is 11.7. The molecule has 2 amide bonds. The van der Waals surface area contributed by atoms with Crippen molar-refractivity contribution in [3.8, 4) is 0 Å². The zero-order valence-corrected chi connectivity index (χ0v) is 10.9. The van der Waals surface area contributed by atoms with Crippen molar-refractivity contribution in [2.45, 2.75) is 6.54 Å². The van der Waals surface area contributed by atoms with Gasteiger partial charge in [-0.25, -0.2) is 14.6 Å². The lowest BCUT2D eigenvalue weighted by Crippen LogP contribution is -2.42. The number of aromatic nitrogens is 1. The van der Waals surface area contributed by atoms with E-state index in [0.29, 0.717) is 5.01 Å². The van der Waals surface area contributed by atoms with Gasteiger partial charge in [0.05, 0.1) is 19.8 Å². The summed E-state index contributed by atoms with van der Waals surface area (Å²) < 4.78 is 0. The van der Waals surface area contributed by atoms with Gasteiger partial charge in [-0.1, -0.05) is 0 Å². The topological polar surface area (TPSA) is 123 Å². The van der Waals surface area contributed by atoms with Crippen LogP contribution in [0.2, 0.25) is 0 Å². The number of carbonyl (C=O) groups excluding carboxylic acids is 1. The first-order chi connectivity index (χ1) is 9.08. The van der Waals surface area contributed by atoms with Gasteiger partial charge in [0.2, 0.25) is 0 Å². The zero-order chi connectivity index (χ0) is 14.3. The summed E-state index contributed by atoms with van der Waals surface area (Å²) in [5.41, 5.74) is -0.0585. The number of carboxylic acids is 1. The lowest BCUT2D eigenvalue weighted by atomic mass is 10.5. The third-order valence-electron chi connectivity index (χ3n) is 2.19. The molecule has 0 saturated heterocycles. The second kappa shape index (κ2) is 7.67. The van der Waals surface area contributed by atoms with Gasteiger partial charge in [0.1, 0.15) is 5.01 Å². The van der Waals surface area contributed by atoms with Gasteiger partial charge in [-0.3, -0.25) is 0 Å². The predicted octanol–water partition coefficient (Wildman–Crippen LogP) is -0.662. The largest absolute Gasteiger partial charge is 0.476 e. The first-order valence-electron chi connectivity index (χ1n) is 5.50. The molecule has 106 valence electrons. The fourth-order valence-electron chi connectivity index (χ4n) is 1.31. The van der Waals surface area contributed by atoms with Crippen LogP contribution in [0.5, 0.6) is 0 Å². The maximum atomic E-state index is 11.7. The molecule has 0 radical (unpaired) electrons. The average molecular weight is 289 g/mol. The summed E-state index contributed by atoms with van der Waals surface area (Å²) in [6, 6.07) is -0.449. The van der Waals surface area contributed by atoms with Gasteiger partial charge in [-0.15, -0.1) is 11.3 Å². The van der Waals surface area contributed by atoms with Gasteiger partial charge >= 0.3 is 12.0 Å². The smallest absolute Gasteiger partial charge is 0.355 e. The molecule has 1 rings (SSSR count). The van der Waals surface area contributed by atoms with Crippen LogP contribution in [0.4, 0.5) is 4.79 Å². The number of carbonyl (C=O) groups is 2. The fraction of sp³-hybridized carbons (Fsp3) is 0.500. The maximum Gasteiger partial charge on any atom is 0.355 e. The van der Waals surface area contributed by atoms with Crippen LogP contribution in [0, 0.1) is 0 Å². The van der Waals surface area contributed by atoms with E-state index < -0.39 is 12.0 Å². The normalized spacial score (nSPS) is 10.2. The number of aliphatic hydroxyl groups is 2.